The molecule has 0 bridgehead atoms. The summed E-state index contributed by atoms with van der Waals surface area (Å²) in [4.78, 5) is 28.6. The highest BCUT2D eigenvalue weighted by Crippen LogP contribution is 2.20. The van der Waals surface area contributed by atoms with Crippen molar-refractivity contribution in [1.82, 2.24) is 10.3 Å². The molecule has 0 saturated carbocycles. The maximum absolute atomic E-state index is 12.5. The minimum Gasteiger partial charge on any atom is -0.497 e. The molecule has 0 radical (unpaired) electrons. The maximum atomic E-state index is 12.5. The molecule has 0 aliphatic rings. The van der Waals surface area contributed by atoms with Gasteiger partial charge in [0.1, 0.15) is 11.4 Å². The third-order valence-corrected chi connectivity index (χ3v) is 3.95. The zero-order chi connectivity index (χ0) is 20.1. The smallest absolute Gasteiger partial charge is 0.319 e. The number of hydrogen-bond donors (Lipinski definition) is 3. The lowest BCUT2D eigenvalue weighted by Gasteiger charge is -2.11. The topological polar surface area (TPSA) is 92.3 Å². The van der Waals surface area contributed by atoms with Crippen molar-refractivity contribution in [3.05, 3.63) is 60.3 Å². The number of ether oxygens (including phenoxy) is 1. The van der Waals surface area contributed by atoms with E-state index in [0.29, 0.717) is 22.6 Å². The predicted molar refractivity (Wildman–Crippen MR) is 110 cm³/mol. The fraction of sp³-hybridized carbons (Fsp3) is 0.190. The molecule has 0 unspecified atom stereocenters. The summed E-state index contributed by atoms with van der Waals surface area (Å²) in [6, 6.07) is 15.6. The lowest BCUT2D eigenvalue weighted by Crippen LogP contribution is -2.34. The number of carbonyl (C=O) groups excluding carboxylic acids is 2. The van der Waals surface area contributed by atoms with E-state index in [9.17, 15) is 9.59 Å². The van der Waals surface area contributed by atoms with Crippen molar-refractivity contribution in [1.29, 1.82) is 0 Å². The number of amides is 3. The highest BCUT2D eigenvalue weighted by atomic mass is 16.5. The van der Waals surface area contributed by atoms with Crippen LogP contribution in [0.4, 0.5) is 16.2 Å². The van der Waals surface area contributed by atoms with Gasteiger partial charge in [-0.2, -0.15) is 0 Å². The van der Waals surface area contributed by atoms with E-state index in [1.807, 2.05) is 32.0 Å². The van der Waals surface area contributed by atoms with Crippen LogP contribution in [0.15, 0.2) is 54.6 Å². The SMILES string of the molecule is COc1ccc2nc(C(=O)Nc3ccc(NC(=O)NC(C)C)cc3)ccc2c1. The van der Waals surface area contributed by atoms with Gasteiger partial charge in [-0.15, -0.1) is 0 Å². The highest BCUT2D eigenvalue weighted by Gasteiger charge is 2.10. The Kier molecular flexibility index (Phi) is 5.74. The van der Waals surface area contributed by atoms with E-state index in [4.69, 9.17) is 4.74 Å². The molecule has 0 spiro atoms. The molecular formula is C21H22N4O3. The van der Waals surface area contributed by atoms with Gasteiger partial charge in [-0.3, -0.25) is 4.79 Å². The zero-order valence-electron chi connectivity index (χ0n) is 15.9. The van der Waals surface area contributed by atoms with Gasteiger partial charge in [0.15, 0.2) is 0 Å². The molecule has 7 heteroatoms. The van der Waals surface area contributed by atoms with E-state index in [0.717, 1.165) is 11.1 Å². The molecule has 1 heterocycles. The number of carbonyl (C=O) groups is 2. The Morgan fingerprint density at radius 1 is 0.929 bits per heavy atom. The number of benzene rings is 2. The summed E-state index contributed by atoms with van der Waals surface area (Å²) in [7, 11) is 1.61. The third-order valence-electron chi connectivity index (χ3n) is 3.95. The lowest BCUT2D eigenvalue weighted by molar-refractivity contribution is 0.102. The Bertz CT molecular complexity index is 1000. The summed E-state index contributed by atoms with van der Waals surface area (Å²) in [5.74, 6) is 0.429. The average molecular weight is 378 g/mol. The first kappa shape index (κ1) is 19.2. The van der Waals surface area contributed by atoms with Gasteiger partial charge in [0.2, 0.25) is 0 Å². The van der Waals surface area contributed by atoms with Gasteiger partial charge in [0.05, 0.1) is 12.6 Å². The van der Waals surface area contributed by atoms with E-state index >= 15 is 0 Å². The van der Waals surface area contributed by atoms with E-state index < -0.39 is 0 Å². The van der Waals surface area contributed by atoms with Gasteiger partial charge in [0, 0.05) is 22.8 Å². The van der Waals surface area contributed by atoms with Crippen LogP contribution in [0.5, 0.6) is 5.75 Å². The maximum Gasteiger partial charge on any atom is 0.319 e. The Balaban J connectivity index is 1.67. The first-order valence-corrected chi connectivity index (χ1v) is 8.88. The number of nitrogens with one attached hydrogen (secondary N) is 3. The third kappa shape index (κ3) is 4.76. The second-order valence-corrected chi connectivity index (χ2v) is 6.54. The molecule has 144 valence electrons. The molecule has 0 atom stereocenters. The van der Waals surface area contributed by atoms with E-state index in [1.165, 1.54) is 0 Å². The van der Waals surface area contributed by atoms with Crippen molar-refractivity contribution in [3.63, 3.8) is 0 Å². The summed E-state index contributed by atoms with van der Waals surface area (Å²) in [5, 5.41) is 9.17. The second-order valence-electron chi connectivity index (χ2n) is 6.54. The molecule has 3 aromatic rings. The quantitative estimate of drug-likeness (QED) is 0.625. The molecule has 2 aromatic carbocycles. The number of rotatable bonds is 5. The molecule has 0 fully saturated rings. The number of hydrogen-bond acceptors (Lipinski definition) is 4. The minimum absolute atomic E-state index is 0.0501. The van der Waals surface area contributed by atoms with Crippen LogP contribution in [0.1, 0.15) is 24.3 Å². The van der Waals surface area contributed by atoms with Crippen molar-refractivity contribution < 1.29 is 14.3 Å². The summed E-state index contributed by atoms with van der Waals surface area (Å²) in [5.41, 5.74) is 2.27. The van der Waals surface area contributed by atoms with Gasteiger partial charge in [-0.25, -0.2) is 9.78 Å². The van der Waals surface area contributed by atoms with E-state index in [-0.39, 0.29) is 18.0 Å². The number of pyridine rings is 1. The summed E-state index contributed by atoms with van der Waals surface area (Å²) >= 11 is 0. The van der Waals surface area contributed by atoms with Gasteiger partial charge in [-0.05, 0) is 62.4 Å². The Morgan fingerprint density at radius 2 is 1.61 bits per heavy atom. The van der Waals surface area contributed by atoms with Crippen LogP contribution in [-0.2, 0) is 0 Å². The van der Waals surface area contributed by atoms with Crippen LogP contribution in [0, 0.1) is 0 Å². The van der Waals surface area contributed by atoms with Crippen LogP contribution in [-0.4, -0.2) is 30.1 Å². The van der Waals surface area contributed by atoms with Gasteiger partial charge in [-0.1, -0.05) is 6.07 Å². The molecule has 3 rings (SSSR count). The summed E-state index contributed by atoms with van der Waals surface area (Å²) in [6.45, 7) is 3.77. The number of methoxy groups -OCH3 is 1. The van der Waals surface area contributed by atoms with Gasteiger partial charge in [0.25, 0.3) is 5.91 Å². The fourth-order valence-corrected chi connectivity index (χ4v) is 2.62. The predicted octanol–water partition coefficient (Wildman–Crippen LogP) is 4.03. The standard InChI is InChI=1S/C21H22N4O3/c1-13(2)22-21(27)24-16-7-5-15(6-8-16)23-20(26)19-10-4-14-12-17(28-3)9-11-18(14)25-19/h4-13H,1-3H3,(H,23,26)(H2,22,24,27). The number of urea groups is 1. The van der Waals surface area contributed by atoms with Gasteiger partial charge >= 0.3 is 6.03 Å². The number of anilines is 2. The van der Waals surface area contributed by atoms with Crippen LogP contribution < -0.4 is 20.7 Å². The first-order valence-electron chi connectivity index (χ1n) is 8.88. The number of nitrogens with zero attached hydrogens (tertiary/aromatic N) is 1. The van der Waals surface area contributed by atoms with Crippen LogP contribution in [0.3, 0.4) is 0 Å². The second kappa shape index (κ2) is 8.39. The first-order chi connectivity index (χ1) is 13.4. The van der Waals surface area contributed by atoms with Crippen molar-refractivity contribution in [2.24, 2.45) is 0 Å². The van der Waals surface area contributed by atoms with Crippen molar-refractivity contribution in [2.45, 2.75) is 19.9 Å². The minimum atomic E-state index is -0.309. The van der Waals surface area contributed by atoms with Gasteiger partial charge < -0.3 is 20.7 Å². The molecule has 7 nitrogen and oxygen atoms in total. The van der Waals surface area contributed by atoms with Crippen molar-refractivity contribution in [2.75, 3.05) is 17.7 Å². The fourth-order valence-electron chi connectivity index (χ4n) is 2.62. The molecule has 1 aromatic heterocycles. The Hall–Kier alpha value is -3.61. The summed E-state index contributed by atoms with van der Waals surface area (Å²) in [6.07, 6.45) is 0. The normalized spacial score (nSPS) is 10.6. The molecule has 3 N–H and O–H groups in total. The van der Waals surface area contributed by atoms with Crippen LogP contribution in [0.25, 0.3) is 10.9 Å². The lowest BCUT2D eigenvalue weighted by atomic mass is 10.2. The average Bonchev–Trinajstić information content (AvgIpc) is 2.68. The zero-order valence-corrected chi connectivity index (χ0v) is 15.9. The Morgan fingerprint density at radius 3 is 2.25 bits per heavy atom. The monoisotopic (exact) mass is 378 g/mol. The number of fused-ring (bicyclic) bond motifs is 1. The Labute approximate surface area is 163 Å². The van der Waals surface area contributed by atoms with E-state index in [1.54, 1.807) is 43.5 Å². The van der Waals surface area contributed by atoms with Crippen LogP contribution in [0.2, 0.25) is 0 Å². The molecular weight excluding hydrogens is 356 g/mol. The summed E-state index contributed by atoms with van der Waals surface area (Å²) < 4.78 is 5.19. The molecule has 0 aliphatic heterocycles. The molecule has 0 aliphatic carbocycles. The number of aromatic nitrogens is 1. The van der Waals surface area contributed by atoms with Crippen molar-refractivity contribution >= 4 is 34.2 Å². The highest BCUT2D eigenvalue weighted by molar-refractivity contribution is 6.04. The van der Waals surface area contributed by atoms with Crippen molar-refractivity contribution in [3.8, 4) is 5.75 Å². The molecule has 28 heavy (non-hydrogen) atoms. The largest absolute Gasteiger partial charge is 0.497 e. The van der Waals surface area contributed by atoms with Crippen LogP contribution >= 0.6 is 0 Å². The molecule has 0 saturated heterocycles. The molecule has 3 amide bonds. The van der Waals surface area contributed by atoms with E-state index in [2.05, 4.69) is 20.9 Å².